The van der Waals surface area contributed by atoms with Crippen molar-refractivity contribution in [3.05, 3.63) is 46.1 Å². The van der Waals surface area contributed by atoms with Crippen molar-refractivity contribution in [3.8, 4) is 0 Å². The number of carbonyl (C=O) groups is 1. The number of rotatable bonds is 7. The Morgan fingerprint density at radius 2 is 1.79 bits per heavy atom. The van der Waals surface area contributed by atoms with Crippen molar-refractivity contribution >= 4 is 39.0 Å². The van der Waals surface area contributed by atoms with Crippen molar-refractivity contribution in [1.29, 1.82) is 0 Å². The molecule has 2 aromatic heterocycles. The fraction of sp³-hybridized carbons (Fsp3) is 0.381. The van der Waals surface area contributed by atoms with Crippen molar-refractivity contribution < 1.29 is 9.69 Å². The largest absolute Gasteiger partial charge is 0.355 e. The number of carbonyl (C=O) groups excluding carboxylic acids is 1. The summed E-state index contributed by atoms with van der Waals surface area (Å²) < 4.78 is 0. The van der Waals surface area contributed by atoms with Gasteiger partial charge in [0.05, 0.1) is 18.5 Å². The van der Waals surface area contributed by atoms with Gasteiger partial charge in [-0.05, 0) is 57.5 Å². The Hall–Kier alpha value is -2.51. The Balaban J connectivity index is 1.99. The second kappa shape index (κ2) is 8.67. The van der Waals surface area contributed by atoms with E-state index in [2.05, 4.69) is 38.3 Å². The molecule has 7 heteroatoms. The fourth-order valence-electron chi connectivity index (χ4n) is 3.17. The number of anilines is 2. The summed E-state index contributed by atoms with van der Waals surface area (Å²) >= 11 is 1.72. The lowest BCUT2D eigenvalue weighted by atomic mass is 10.1. The highest BCUT2D eigenvalue weighted by molar-refractivity contribution is 7.18. The molecule has 6 nitrogen and oxygen atoms in total. The molecule has 0 aliphatic heterocycles. The number of nitrogens with zero attached hydrogens (tertiary/aromatic N) is 2. The van der Waals surface area contributed by atoms with Crippen LogP contribution in [0.25, 0.3) is 10.2 Å². The third-order valence-corrected chi connectivity index (χ3v) is 6.22. The molecule has 3 N–H and O–H groups in total. The summed E-state index contributed by atoms with van der Waals surface area (Å²) in [6.07, 6.45) is 0. The van der Waals surface area contributed by atoms with E-state index in [1.54, 1.807) is 18.4 Å². The lowest BCUT2D eigenvalue weighted by molar-refractivity contribution is -0.910. The molecule has 28 heavy (non-hydrogen) atoms. The van der Waals surface area contributed by atoms with E-state index in [0.29, 0.717) is 5.56 Å². The minimum absolute atomic E-state index is 0.0928. The normalized spacial score (nSPS) is 11.2. The SMILES string of the molecule is CC[NH+](CC)Cc1nc(Nc2ccc(C(=O)NC)cc2)c2c(C)c(C)sc2n1. The first-order valence-corrected chi connectivity index (χ1v) is 10.5. The first kappa shape index (κ1) is 20.2. The molecule has 0 aliphatic rings. The number of quaternary nitrogens is 1. The molecule has 0 unspecified atom stereocenters. The molecule has 0 spiro atoms. The number of hydrogen-bond acceptors (Lipinski definition) is 5. The van der Waals surface area contributed by atoms with Gasteiger partial charge in [-0.25, -0.2) is 9.97 Å². The molecule has 0 saturated heterocycles. The summed E-state index contributed by atoms with van der Waals surface area (Å²) in [6, 6.07) is 7.43. The van der Waals surface area contributed by atoms with E-state index in [0.717, 1.165) is 47.2 Å². The summed E-state index contributed by atoms with van der Waals surface area (Å²) in [4.78, 5) is 25.2. The van der Waals surface area contributed by atoms with E-state index in [4.69, 9.17) is 9.97 Å². The van der Waals surface area contributed by atoms with E-state index in [1.165, 1.54) is 15.3 Å². The van der Waals surface area contributed by atoms with Crippen LogP contribution in [0.3, 0.4) is 0 Å². The van der Waals surface area contributed by atoms with Crippen LogP contribution in [0.15, 0.2) is 24.3 Å². The van der Waals surface area contributed by atoms with Gasteiger partial charge < -0.3 is 15.5 Å². The second-order valence-electron chi connectivity index (χ2n) is 6.87. The van der Waals surface area contributed by atoms with Gasteiger partial charge in [0.1, 0.15) is 17.2 Å². The predicted molar refractivity (Wildman–Crippen MR) is 116 cm³/mol. The average molecular weight is 399 g/mol. The maximum Gasteiger partial charge on any atom is 0.251 e. The molecule has 1 aromatic carbocycles. The molecule has 0 bridgehead atoms. The van der Waals surface area contributed by atoms with Crippen molar-refractivity contribution in [2.75, 3.05) is 25.5 Å². The van der Waals surface area contributed by atoms with Crippen molar-refractivity contribution in [2.24, 2.45) is 0 Å². The maximum absolute atomic E-state index is 11.8. The van der Waals surface area contributed by atoms with Gasteiger partial charge >= 0.3 is 0 Å². The summed E-state index contributed by atoms with van der Waals surface area (Å²) in [5.74, 6) is 1.60. The molecule has 3 aromatic rings. The lowest BCUT2D eigenvalue weighted by Crippen LogP contribution is -3.10. The van der Waals surface area contributed by atoms with Gasteiger partial charge in [-0.2, -0.15) is 0 Å². The first-order valence-electron chi connectivity index (χ1n) is 9.66. The lowest BCUT2D eigenvalue weighted by Gasteiger charge is -2.15. The Labute approximate surface area is 170 Å². The highest BCUT2D eigenvalue weighted by Gasteiger charge is 2.17. The van der Waals surface area contributed by atoms with Crippen LogP contribution in [0.1, 0.15) is 40.5 Å². The van der Waals surface area contributed by atoms with E-state index in [1.807, 2.05) is 24.3 Å². The topological polar surface area (TPSA) is 71.3 Å². The highest BCUT2D eigenvalue weighted by atomic mass is 32.1. The maximum atomic E-state index is 11.8. The Morgan fingerprint density at radius 1 is 1.11 bits per heavy atom. The van der Waals surface area contributed by atoms with Crippen LogP contribution in [-0.4, -0.2) is 36.0 Å². The fourth-order valence-corrected chi connectivity index (χ4v) is 4.22. The summed E-state index contributed by atoms with van der Waals surface area (Å²) in [5, 5.41) is 7.17. The number of aryl methyl sites for hydroxylation is 2. The molecule has 3 rings (SSSR count). The van der Waals surface area contributed by atoms with Crippen molar-refractivity contribution in [3.63, 3.8) is 0 Å². The Bertz CT molecular complexity index is 977. The van der Waals surface area contributed by atoms with Crippen LogP contribution in [0, 0.1) is 13.8 Å². The zero-order chi connectivity index (χ0) is 20.3. The zero-order valence-electron chi connectivity index (χ0n) is 17.1. The van der Waals surface area contributed by atoms with E-state index in [-0.39, 0.29) is 5.91 Å². The van der Waals surface area contributed by atoms with E-state index in [9.17, 15) is 4.79 Å². The van der Waals surface area contributed by atoms with Gasteiger partial charge in [0.2, 0.25) is 0 Å². The van der Waals surface area contributed by atoms with Gasteiger partial charge in [-0.3, -0.25) is 4.79 Å². The minimum Gasteiger partial charge on any atom is -0.355 e. The minimum atomic E-state index is -0.0928. The second-order valence-corrected chi connectivity index (χ2v) is 8.07. The molecule has 0 atom stereocenters. The van der Waals surface area contributed by atoms with Crippen molar-refractivity contribution in [1.82, 2.24) is 15.3 Å². The van der Waals surface area contributed by atoms with Crippen LogP contribution < -0.4 is 15.5 Å². The standard InChI is InChI=1S/C21H27N5OS/c1-6-26(7-2)12-17-24-19(18-13(3)14(4)28-21(18)25-17)23-16-10-8-15(9-11-16)20(27)22-5/h8-11H,6-7,12H2,1-5H3,(H,22,27)(H,23,24,25)/p+1. The van der Waals surface area contributed by atoms with Crippen LogP contribution >= 0.6 is 11.3 Å². The molecular weight excluding hydrogens is 370 g/mol. The smallest absolute Gasteiger partial charge is 0.251 e. The van der Waals surface area contributed by atoms with Crippen molar-refractivity contribution in [2.45, 2.75) is 34.2 Å². The monoisotopic (exact) mass is 398 g/mol. The molecular formula is C21H28N5OS+. The predicted octanol–water partition coefficient (Wildman–Crippen LogP) is 2.84. The summed E-state index contributed by atoms with van der Waals surface area (Å²) in [5.41, 5.74) is 2.75. The Morgan fingerprint density at radius 3 is 2.39 bits per heavy atom. The third-order valence-electron chi connectivity index (χ3n) is 5.12. The van der Waals surface area contributed by atoms with Crippen LogP contribution in [0.2, 0.25) is 0 Å². The molecule has 0 radical (unpaired) electrons. The van der Waals surface area contributed by atoms with Gasteiger partial charge in [0.15, 0.2) is 5.82 Å². The number of thiophene rings is 1. The molecule has 0 fully saturated rings. The molecule has 148 valence electrons. The number of amides is 1. The van der Waals surface area contributed by atoms with E-state index >= 15 is 0 Å². The van der Waals surface area contributed by atoms with Crippen LogP contribution in [-0.2, 0) is 6.54 Å². The quantitative estimate of drug-likeness (QED) is 0.572. The number of aromatic nitrogens is 2. The summed E-state index contributed by atoms with van der Waals surface area (Å²) in [7, 11) is 1.63. The van der Waals surface area contributed by atoms with Gasteiger partial charge in [-0.15, -0.1) is 11.3 Å². The third kappa shape index (κ3) is 4.15. The first-order chi connectivity index (χ1) is 13.5. The number of nitrogens with one attached hydrogen (secondary N) is 3. The highest BCUT2D eigenvalue weighted by Crippen LogP contribution is 2.34. The summed E-state index contributed by atoms with van der Waals surface area (Å²) in [6.45, 7) is 11.5. The van der Waals surface area contributed by atoms with E-state index < -0.39 is 0 Å². The molecule has 1 amide bonds. The van der Waals surface area contributed by atoms with Gasteiger partial charge in [0, 0.05) is 23.2 Å². The van der Waals surface area contributed by atoms with Gasteiger partial charge in [-0.1, -0.05) is 0 Å². The van der Waals surface area contributed by atoms with Crippen LogP contribution in [0.4, 0.5) is 11.5 Å². The molecule has 2 heterocycles. The molecule has 0 saturated carbocycles. The Kier molecular flexibility index (Phi) is 6.26. The number of benzene rings is 1. The van der Waals surface area contributed by atoms with Gasteiger partial charge in [0.25, 0.3) is 5.91 Å². The molecule has 0 aliphatic carbocycles. The zero-order valence-corrected chi connectivity index (χ0v) is 18.0. The number of fused-ring (bicyclic) bond motifs is 1. The number of hydrogen-bond donors (Lipinski definition) is 3. The average Bonchev–Trinajstić information content (AvgIpc) is 2.99. The van der Waals surface area contributed by atoms with Crippen LogP contribution in [0.5, 0.6) is 0 Å².